The van der Waals surface area contributed by atoms with Crippen molar-refractivity contribution in [1.82, 2.24) is 0 Å². The third-order valence-corrected chi connectivity index (χ3v) is 2.68. The van der Waals surface area contributed by atoms with E-state index in [4.69, 9.17) is 15.2 Å². The van der Waals surface area contributed by atoms with Crippen LogP contribution in [0.4, 0.5) is 11.4 Å². The second-order valence-electron chi connectivity index (χ2n) is 5.07. The van der Waals surface area contributed by atoms with E-state index in [1.807, 2.05) is 0 Å². The zero-order valence-corrected chi connectivity index (χ0v) is 12.4. The van der Waals surface area contributed by atoms with Crippen LogP contribution >= 0.6 is 0 Å². The number of ether oxygens (including phenoxy) is 2. The first-order valence-electron chi connectivity index (χ1n) is 6.84. The molecule has 0 aliphatic rings. The van der Waals surface area contributed by atoms with Gasteiger partial charge in [0.15, 0.2) is 0 Å². The van der Waals surface area contributed by atoms with Gasteiger partial charge in [-0.25, -0.2) is 0 Å². The van der Waals surface area contributed by atoms with Crippen LogP contribution in [0.15, 0.2) is 18.2 Å². The van der Waals surface area contributed by atoms with Crippen LogP contribution in [0.25, 0.3) is 0 Å². The highest BCUT2D eigenvalue weighted by Crippen LogP contribution is 2.24. The number of nitrogens with two attached hydrogens (primary N) is 1. The predicted molar refractivity (Wildman–Crippen MR) is 80.9 cm³/mol. The minimum atomic E-state index is -0.0602. The summed E-state index contributed by atoms with van der Waals surface area (Å²) in [5, 5.41) is 2.79. The topological polar surface area (TPSA) is 73.6 Å². The van der Waals surface area contributed by atoms with Gasteiger partial charge >= 0.3 is 0 Å². The van der Waals surface area contributed by atoms with Gasteiger partial charge in [0, 0.05) is 25.7 Å². The number of nitrogen functional groups attached to an aromatic ring is 1. The van der Waals surface area contributed by atoms with Gasteiger partial charge < -0.3 is 20.5 Å². The van der Waals surface area contributed by atoms with E-state index >= 15 is 0 Å². The van der Waals surface area contributed by atoms with Crippen molar-refractivity contribution in [3.05, 3.63) is 18.2 Å². The summed E-state index contributed by atoms with van der Waals surface area (Å²) in [5.74, 6) is 1.13. The fourth-order valence-electron chi connectivity index (χ4n) is 1.65. The Morgan fingerprint density at radius 3 is 2.75 bits per heavy atom. The molecule has 0 spiro atoms. The molecule has 0 saturated carbocycles. The van der Waals surface area contributed by atoms with Crippen LogP contribution in [0.2, 0.25) is 0 Å². The van der Waals surface area contributed by atoms with Gasteiger partial charge in [-0.1, -0.05) is 13.8 Å². The second kappa shape index (κ2) is 8.43. The third kappa shape index (κ3) is 5.93. The lowest BCUT2D eigenvalue weighted by Crippen LogP contribution is -2.14. The van der Waals surface area contributed by atoms with Gasteiger partial charge in [0.1, 0.15) is 5.75 Å². The fraction of sp³-hybridized carbons (Fsp3) is 0.533. The van der Waals surface area contributed by atoms with Crippen molar-refractivity contribution in [2.45, 2.75) is 26.7 Å². The van der Waals surface area contributed by atoms with Gasteiger partial charge in [0.2, 0.25) is 5.91 Å². The quantitative estimate of drug-likeness (QED) is 0.567. The molecular weight excluding hydrogens is 256 g/mol. The Morgan fingerprint density at radius 2 is 2.15 bits per heavy atom. The van der Waals surface area contributed by atoms with Crippen LogP contribution in [0.5, 0.6) is 5.75 Å². The summed E-state index contributed by atoms with van der Waals surface area (Å²) < 4.78 is 10.5. The van der Waals surface area contributed by atoms with E-state index in [0.717, 1.165) is 6.61 Å². The average Bonchev–Trinajstić information content (AvgIpc) is 2.40. The van der Waals surface area contributed by atoms with Gasteiger partial charge in [-0.2, -0.15) is 0 Å². The molecule has 5 nitrogen and oxygen atoms in total. The van der Waals surface area contributed by atoms with Crippen molar-refractivity contribution in [2.75, 3.05) is 31.4 Å². The molecule has 5 heteroatoms. The summed E-state index contributed by atoms with van der Waals surface area (Å²) in [4.78, 5) is 11.8. The van der Waals surface area contributed by atoms with E-state index in [1.165, 1.54) is 0 Å². The average molecular weight is 280 g/mol. The number of hydrogen-bond donors (Lipinski definition) is 2. The first-order chi connectivity index (χ1) is 9.52. The van der Waals surface area contributed by atoms with Gasteiger partial charge in [-0.05, 0) is 24.5 Å². The molecule has 0 radical (unpaired) electrons. The van der Waals surface area contributed by atoms with Gasteiger partial charge in [0.05, 0.1) is 18.5 Å². The van der Waals surface area contributed by atoms with Crippen LogP contribution in [-0.2, 0) is 9.53 Å². The molecular formula is C15H24N2O3. The number of amides is 1. The van der Waals surface area contributed by atoms with E-state index in [-0.39, 0.29) is 5.91 Å². The molecule has 3 N–H and O–H groups in total. The third-order valence-electron chi connectivity index (χ3n) is 2.68. The summed E-state index contributed by atoms with van der Waals surface area (Å²) >= 11 is 0. The Morgan fingerprint density at radius 1 is 1.40 bits per heavy atom. The van der Waals surface area contributed by atoms with Crippen molar-refractivity contribution in [3.63, 3.8) is 0 Å². The van der Waals surface area contributed by atoms with Crippen molar-refractivity contribution in [1.29, 1.82) is 0 Å². The minimum Gasteiger partial charge on any atom is -0.497 e. The highest BCUT2D eigenvalue weighted by molar-refractivity contribution is 5.93. The van der Waals surface area contributed by atoms with Crippen LogP contribution in [-0.4, -0.2) is 26.2 Å². The molecule has 0 aliphatic carbocycles. The van der Waals surface area contributed by atoms with E-state index in [0.29, 0.717) is 42.5 Å². The Balaban J connectivity index is 2.32. The smallest absolute Gasteiger partial charge is 0.224 e. The Labute approximate surface area is 120 Å². The van der Waals surface area contributed by atoms with Crippen LogP contribution in [0.1, 0.15) is 26.7 Å². The van der Waals surface area contributed by atoms with Gasteiger partial charge in [0.25, 0.3) is 0 Å². The number of carbonyl (C=O) groups excluding carboxylic acids is 1. The lowest BCUT2D eigenvalue weighted by atomic mass is 10.2. The lowest BCUT2D eigenvalue weighted by molar-refractivity contribution is -0.116. The van der Waals surface area contributed by atoms with E-state index in [9.17, 15) is 4.79 Å². The summed E-state index contributed by atoms with van der Waals surface area (Å²) in [5.41, 5.74) is 6.94. The zero-order chi connectivity index (χ0) is 15.0. The largest absolute Gasteiger partial charge is 0.497 e. The SMILES string of the molecule is COc1ccc(NC(=O)CCCOCC(C)C)c(N)c1. The van der Waals surface area contributed by atoms with Crippen LogP contribution < -0.4 is 15.8 Å². The highest BCUT2D eigenvalue weighted by Gasteiger charge is 2.06. The molecule has 0 bridgehead atoms. The molecule has 1 amide bonds. The van der Waals surface area contributed by atoms with Crippen molar-refractivity contribution in [3.8, 4) is 5.75 Å². The van der Waals surface area contributed by atoms with Crippen molar-refractivity contribution >= 4 is 17.3 Å². The van der Waals surface area contributed by atoms with Gasteiger partial charge in [-0.15, -0.1) is 0 Å². The molecule has 0 saturated heterocycles. The van der Waals surface area contributed by atoms with Crippen molar-refractivity contribution in [2.24, 2.45) is 5.92 Å². The standard InChI is InChI=1S/C15H24N2O3/c1-11(2)10-20-8-4-5-15(18)17-14-7-6-12(19-3)9-13(14)16/h6-7,9,11H,4-5,8,10,16H2,1-3H3,(H,17,18). The van der Waals surface area contributed by atoms with Crippen LogP contribution in [0.3, 0.4) is 0 Å². The molecule has 20 heavy (non-hydrogen) atoms. The molecule has 1 aromatic rings. The molecule has 0 fully saturated rings. The molecule has 0 unspecified atom stereocenters. The lowest BCUT2D eigenvalue weighted by Gasteiger charge is -2.10. The number of hydrogen-bond acceptors (Lipinski definition) is 4. The molecule has 0 heterocycles. The summed E-state index contributed by atoms with van der Waals surface area (Å²) in [7, 11) is 1.57. The first-order valence-corrected chi connectivity index (χ1v) is 6.84. The van der Waals surface area contributed by atoms with E-state index in [2.05, 4.69) is 19.2 Å². The minimum absolute atomic E-state index is 0.0602. The monoisotopic (exact) mass is 280 g/mol. The maximum atomic E-state index is 11.8. The molecule has 112 valence electrons. The first kappa shape index (κ1) is 16.3. The number of nitrogens with one attached hydrogen (secondary N) is 1. The Kier molecular flexibility index (Phi) is 6.87. The molecule has 0 atom stereocenters. The Bertz CT molecular complexity index is 433. The normalized spacial score (nSPS) is 10.6. The molecule has 0 aromatic heterocycles. The fourth-order valence-corrected chi connectivity index (χ4v) is 1.65. The van der Waals surface area contributed by atoms with Gasteiger partial charge in [-0.3, -0.25) is 4.79 Å². The Hall–Kier alpha value is -1.75. The number of anilines is 2. The summed E-state index contributed by atoms with van der Waals surface area (Å²) in [6, 6.07) is 5.18. The molecule has 1 rings (SSSR count). The van der Waals surface area contributed by atoms with Crippen molar-refractivity contribution < 1.29 is 14.3 Å². The van der Waals surface area contributed by atoms with E-state index in [1.54, 1.807) is 25.3 Å². The molecule has 0 aliphatic heterocycles. The summed E-state index contributed by atoms with van der Waals surface area (Å²) in [6.45, 7) is 5.52. The number of rotatable bonds is 8. The maximum absolute atomic E-state index is 11.8. The maximum Gasteiger partial charge on any atom is 0.224 e. The van der Waals surface area contributed by atoms with Crippen LogP contribution in [0, 0.1) is 5.92 Å². The second-order valence-corrected chi connectivity index (χ2v) is 5.07. The summed E-state index contributed by atoms with van der Waals surface area (Å²) in [6.07, 6.45) is 1.12. The number of carbonyl (C=O) groups is 1. The number of methoxy groups -OCH3 is 1. The molecule has 1 aromatic carbocycles. The van der Waals surface area contributed by atoms with E-state index < -0.39 is 0 Å². The highest BCUT2D eigenvalue weighted by atomic mass is 16.5. The predicted octanol–water partition coefficient (Wildman–Crippen LogP) is 2.67. The number of benzene rings is 1. The zero-order valence-electron chi connectivity index (χ0n) is 12.4.